The van der Waals surface area contributed by atoms with Gasteiger partial charge >= 0.3 is 0 Å². The standard InChI is InChI=1S/C13H28N2O2S.ClH/c1-4-7-11(2)10-18(16,17)15-9-6-5-8-13(15)12(3)14;/h11-13H,4-10,14H2,1-3H3;1H. The van der Waals surface area contributed by atoms with Gasteiger partial charge in [0.1, 0.15) is 0 Å². The maximum Gasteiger partial charge on any atom is 0.214 e. The molecule has 19 heavy (non-hydrogen) atoms. The lowest BCUT2D eigenvalue weighted by Gasteiger charge is -2.37. The molecule has 1 rings (SSSR count). The minimum Gasteiger partial charge on any atom is -0.326 e. The summed E-state index contributed by atoms with van der Waals surface area (Å²) in [6.45, 7) is 6.67. The van der Waals surface area contributed by atoms with Gasteiger partial charge in [0.2, 0.25) is 10.0 Å². The van der Waals surface area contributed by atoms with E-state index in [0.29, 0.717) is 6.54 Å². The Bertz CT molecular complexity index is 347. The number of hydrogen-bond acceptors (Lipinski definition) is 3. The molecule has 1 saturated heterocycles. The second-order valence-electron chi connectivity index (χ2n) is 5.71. The topological polar surface area (TPSA) is 63.4 Å². The van der Waals surface area contributed by atoms with Crippen molar-refractivity contribution in [2.75, 3.05) is 12.3 Å². The molecule has 1 heterocycles. The van der Waals surface area contributed by atoms with Crippen LogP contribution in [0.3, 0.4) is 0 Å². The van der Waals surface area contributed by atoms with Crippen LogP contribution in [0.2, 0.25) is 0 Å². The first-order chi connectivity index (χ1) is 8.38. The van der Waals surface area contributed by atoms with Gasteiger partial charge in [-0.25, -0.2) is 8.42 Å². The fourth-order valence-electron chi connectivity index (χ4n) is 2.83. The third kappa shape index (κ3) is 5.58. The summed E-state index contributed by atoms with van der Waals surface area (Å²) in [7, 11) is -3.15. The van der Waals surface area contributed by atoms with Crippen LogP contribution in [0.25, 0.3) is 0 Å². The highest BCUT2D eigenvalue weighted by Gasteiger charge is 2.34. The van der Waals surface area contributed by atoms with Gasteiger partial charge in [-0.15, -0.1) is 12.4 Å². The maximum absolute atomic E-state index is 12.5. The van der Waals surface area contributed by atoms with E-state index in [0.717, 1.165) is 32.1 Å². The monoisotopic (exact) mass is 312 g/mol. The Balaban J connectivity index is 0.00000324. The minimum absolute atomic E-state index is 0. The molecule has 0 aromatic heterocycles. The minimum atomic E-state index is -3.15. The molecule has 0 amide bonds. The molecule has 1 aliphatic rings. The first-order valence-electron chi connectivity index (χ1n) is 7.13. The molecule has 116 valence electrons. The van der Waals surface area contributed by atoms with Crippen molar-refractivity contribution in [2.24, 2.45) is 11.7 Å². The molecule has 2 N–H and O–H groups in total. The summed E-state index contributed by atoms with van der Waals surface area (Å²) in [4.78, 5) is 0. The van der Waals surface area contributed by atoms with Crippen LogP contribution in [0.5, 0.6) is 0 Å². The third-order valence-electron chi connectivity index (χ3n) is 3.74. The number of nitrogens with zero attached hydrogens (tertiary/aromatic N) is 1. The molecule has 0 saturated carbocycles. The first-order valence-corrected chi connectivity index (χ1v) is 8.74. The molecule has 3 unspecified atom stereocenters. The Hall–Kier alpha value is 0.160. The van der Waals surface area contributed by atoms with Gasteiger partial charge in [0.15, 0.2) is 0 Å². The number of sulfonamides is 1. The van der Waals surface area contributed by atoms with Crippen LogP contribution >= 0.6 is 12.4 Å². The Labute approximate surface area is 124 Å². The lowest BCUT2D eigenvalue weighted by molar-refractivity contribution is 0.226. The molecule has 6 heteroatoms. The predicted molar refractivity (Wildman–Crippen MR) is 83.1 cm³/mol. The Morgan fingerprint density at radius 3 is 2.47 bits per heavy atom. The summed E-state index contributed by atoms with van der Waals surface area (Å²) in [6.07, 6.45) is 4.95. The third-order valence-corrected chi connectivity index (χ3v) is 5.90. The molecular formula is C13H29ClN2O2S. The van der Waals surface area contributed by atoms with Gasteiger partial charge in [-0.1, -0.05) is 26.7 Å². The van der Waals surface area contributed by atoms with E-state index in [2.05, 4.69) is 6.92 Å². The largest absolute Gasteiger partial charge is 0.326 e. The number of halogens is 1. The summed E-state index contributed by atoms with van der Waals surface area (Å²) in [5.41, 5.74) is 5.94. The number of nitrogens with two attached hydrogens (primary N) is 1. The smallest absolute Gasteiger partial charge is 0.214 e. The molecular weight excluding hydrogens is 284 g/mol. The van der Waals surface area contributed by atoms with Crippen molar-refractivity contribution in [3.05, 3.63) is 0 Å². The number of piperidine rings is 1. The average Bonchev–Trinajstić information content (AvgIpc) is 2.28. The second-order valence-corrected chi connectivity index (χ2v) is 7.67. The van der Waals surface area contributed by atoms with Gasteiger partial charge in [-0.3, -0.25) is 0 Å². The molecule has 3 atom stereocenters. The van der Waals surface area contributed by atoms with Crippen LogP contribution in [0.15, 0.2) is 0 Å². The highest BCUT2D eigenvalue weighted by Crippen LogP contribution is 2.24. The molecule has 0 aliphatic carbocycles. The van der Waals surface area contributed by atoms with E-state index in [-0.39, 0.29) is 36.2 Å². The van der Waals surface area contributed by atoms with E-state index in [1.54, 1.807) is 4.31 Å². The molecule has 4 nitrogen and oxygen atoms in total. The molecule has 0 aromatic rings. The van der Waals surface area contributed by atoms with E-state index in [1.165, 1.54) is 0 Å². The highest BCUT2D eigenvalue weighted by molar-refractivity contribution is 7.89. The van der Waals surface area contributed by atoms with Gasteiger partial charge in [0.25, 0.3) is 0 Å². The van der Waals surface area contributed by atoms with Crippen LogP contribution in [-0.2, 0) is 10.0 Å². The summed E-state index contributed by atoms with van der Waals surface area (Å²) >= 11 is 0. The van der Waals surface area contributed by atoms with Gasteiger partial charge in [-0.2, -0.15) is 4.31 Å². The normalized spacial score (nSPS) is 24.5. The Kier molecular flexibility index (Phi) is 8.52. The van der Waals surface area contributed by atoms with Crippen LogP contribution < -0.4 is 5.73 Å². The summed E-state index contributed by atoms with van der Waals surface area (Å²) in [5.74, 6) is 0.500. The quantitative estimate of drug-likeness (QED) is 0.819. The van der Waals surface area contributed by atoms with Crippen LogP contribution in [0.1, 0.15) is 52.9 Å². The maximum atomic E-state index is 12.5. The van der Waals surface area contributed by atoms with Gasteiger partial charge in [0, 0.05) is 18.6 Å². The fraction of sp³-hybridized carbons (Fsp3) is 1.00. The SMILES string of the molecule is CCCC(C)CS(=O)(=O)N1CCCCC1C(C)N.Cl. The van der Waals surface area contributed by atoms with Crippen molar-refractivity contribution in [3.63, 3.8) is 0 Å². The van der Waals surface area contributed by atoms with Crippen LogP contribution in [-0.4, -0.2) is 37.1 Å². The average molecular weight is 313 g/mol. The molecule has 0 radical (unpaired) electrons. The summed E-state index contributed by atoms with van der Waals surface area (Å²) in [5, 5.41) is 0. The van der Waals surface area contributed by atoms with Crippen molar-refractivity contribution in [3.8, 4) is 0 Å². The molecule has 1 fully saturated rings. The molecule has 0 spiro atoms. The van der Waals surface area contributed by atoms with Gasteiger partial charge in [0.05, 0.1) is 5.75 Å². The molecule has 0 bridgehead atoms. The number of rotatable bonds is 6. The Morgan fingerprint density at radius 1 is 1.32 bits per heavy atom. The Morgan fingerprint density at radius 2 is 1.95 bits per heavy atom. The highest BCUT2D eigenvalue weighted by atomic mass is 35.5. The number of hydrogen-bond donors (Lipinski definition) is 1. The van der Waals surface area contributed by atoms with Gasteiger partial charge in [-0.05, 0) is 32.1 Å². The van der Waals surface area contributed by atoms with Gasteiger partial charge < -0.3 is 5.73 Å². The van der Waals surface area contributed by atoms with E-state index >= 15 is 0 Å². The van der Waals surface area contributed by atoms with E-state index < -0.39 is 10.0 Å². The second kappa shape index (κ2) is 8.45. The van der Waals surface area contributed by atoms with Crippen molar-refractivity contribution in [1.29, 1.82) is 0 Å². The van der Waals surface area contributed by atoms with E-state index in [1.807, 2.05) is 13.8 Å². The van der Waals surface area contributed by atoms with Crippen LogP contribution in [0, 0.1) is 5.92 Å². The zero-order valence-electron chi connectivity index (χ0n) is 12.3. The first kappa shape index (κ1) is 19.2. The molecule has 1 aliphatic heterocycles. The zero-order valence-corrected chi connectivity index (χ0v) is 14.0. The fourth-order valence-corrected chi connectivity index (χ4v) is 5.03. The summed E-state index contributed by atoms with van der Waals surface area (Å²) in [6, 6.07) is -0.0841. The van der Waals surface area contributed by atoms with E-state index in [9.17, 15) is 8.42 Å². The molecule has 0 aromatic carbocycles. The van der Waals surface area contributed by atoms with Crippen molar-refractivity contribution < 1.29 is 8.42 Å². The summed E-state index contributed by atoms with van der Waals surface area (Å²) < 4.78 is 26.6. The van der Waals surface area contributed by atoms with Crippen LogP contribution in [0.4, 0.5) is 0 Å². The lowest BCUT2D eigenvalue weighted by Crippen LogP contribution is -2.52. The lowest BCUT2D eigenvalue weighted by atomic mass is 10.00. The van der Waals surface area contributed by atoms with Crippen molar-refractivity contribution in [2.45, 2.75) is 65.0 Å². The zero-order chi connectivity index (χ0) is 13.8. The predicted octanol–water partition coefficient (Wildman–Crippen LogP) is 2.38. The van der Waals surface area contributed by atoms with Crippen molar-refractivity contribution >= 4 is 22.4 Å². The van der Waals surface area contributed by atoms with Crippen molar-refractivity contribution in [1.82, 2.24) is 4.31 Å². The van der Waals surface area contributed by atoms with E-state index in [4.69, 9.17) is 5.73 Å².